The molecule has 0 amide bonds. The number of esters is 1. The highest BCUT2D eigenvalue weighted by Gasteiger charge is 2.29. The van der Waals surface area contributed by atoms with E-state index in [4.69, 9.17) is 4.74 Å². The van der Waals surface area contributed by atoms with Gasteiger partial charge in [0.15, 0.2) is 11.3 Å². The maximum Gasteiger partial charge on any atom is 0.347 e. The number of hydrogen-bond donors (Lipinski definition) is 1. The highest BCUT2D eigenvalue weighted by molar-refractivity contribution is 6.00. The van der Waals surface area contributed by atoms with Gasteiger partial charge in [-0.15, -0.1) is 5.11 Å². The second kappa shape index (κ2) is 7.79. The molecule has 2 aromatic carbocycles. The average Bonchev–Trinajstić information content (AvgIpc) is 2.60. The number of nitrogens with zero attached hydrogens (tertiary/aromatic N) is 4. The van der Waals surface area contributed by atoms with Crippen LogP contribution in [0.25, 0.3) is 0 Å². The fourth-order valence-electron chi connectivity index (χ4n) is 1.99. The predicted molar refractivity (Wildman–Crippen MR) is 88.0 cm³/mol. The van der Waals surface area contributed by atoms with E-state index in [2.05, 4.69) is 10.2 Å². The molecule has 1 N–H and O–H groups in total. The Hall–Kier alpha value is -3.89. The summed E-state index contributed by atoms with van der Waals surface area (Å²) in [6.45, 7) is 1.48. The molecule has 11 nitrogen and oxygen atoms in total. The highest BCUT2D eigenvalue weighted by Crippen LogP contribution is 2.37. The number of hydrogen-bond acceptors (Lipinski definition) is 9. The third-order valence-electron chi connectivity index (χ3n) is 3.13. The van der Waals surface area contributed by atoms with Crippen molar-refractivity contribution in [2.75, 3.05) is 6.61 Å². The van der Waals surface area contributed by atoms with E-state index < -0.39 is 32.8 Å². The van der Waals surface area contributed by atoms with Crippen LogP contribution in [0.5, 0.6) is 5.75 Å². The van der Waals surface area contributed by atoms with Crippen LogP contribution < -0.4 is 0 Å². The first-order chi connectivity index (χ1) is 12.3. The number of carbonyl (C=O) groups excluding carboxylic acids is 1. The molecule has 11 heteroatoms. The smallest absolute Gasteiger partial charge is 0.347 e. The second-order valence-corrected chi connectivity index (χ2v) is 4.78. The summed E-state index contributed by atoms with van der Waals surface area (Å²) in [5, 5.41) is 39.1. The number of phenolic OH excluding ortho intramolecular Hbond substituents is 1. The molecule has 0 spiro atoms. The zero-order chi connectivity index (χ0) is 19.3. The van der Waals surface area contributed by atoms with Gasteiger partial charge in [0.1, 0.15) is 5.69 Å². The van der Waals surface area contributed by atoms with Crippen LogP contribution in [-0.2, 0) is 4.74 Å². The van der Waals surface area contributed by atoms with Crippen molar-refractivity contribution in [3.63, 3.8) is 0 Å². The number of carbonyl (C=O) groups is 1. The van der Waals surface area contributed by atoms with E-state index in [9.17, 15) is 30.1 Å². The van der Waals surface area contributed by atoms with Gasteiger partial charge in [-0.05, 0) is 31.2 Å². The summed E-state index contributed by atoms with van der Waals surface area (Å²) in [5.74, 6) is -1.75. The summed E-state index contributed by atoms with van der Waals surface area (Å²) in [7, 11) is 0. The number of nitro benzene ring substituents is 2. The van der Waals surface area contributed by atoms with Crippen molar-refractivity contribution in [3.8, 4) is 5.75 Å². The molecule has 0 atom stereocenters. The third kappa shape index (κ3) is 3.95. The molecular formula is C15H12N4O7. The Balaban J connectivity index is 2.48. The van der Waals surface area contributed by atoms with Crippen molar-refractivity contribution >= 4 is 28.7 Å². The monoisotopic (exact) mass is 360 g/mol. The number of phenols is 1. The Kier molecular flexibility index (Phi) is 5.53. The fourth-order valence-corrected chi connectivity index (χ4v) is 1.99. The molecule has 0 saturated carbocycles. The Morgan fingerprint density at radius 1 is 1.08 bits per heavy atom. The van der Waals surface area contributed by atoms with Crippen LogP contribution >= 0.6 is 0 Å². The van der Waals surface area contributed by atoms with Crippen molar-refractivity contribution in [1.82, 2.24) is 0 Å². The summed E-state index contributed by atoms with van der Waals surface area (Å²) in [5.41, 5.74) is -1.49. The molecule has 2 rings (SSSR count). The molecule has 0 fully saturated rings. The average molecular weight is 360 g/mol. The minimum atomic E-state index is -1.03. The van der Waals surface area contributed by atoms with Gasteiger partial charge >= 0.3 is 11.7 Å². The first-order valence-corrected chi connectivity index (χ1v) is 7.18. The second-order valence-electron chi connectivity index (χ2n) is 4.78. The number of ether oxygens (including phenoxy) is 1. The minimum absolute atomic E-state index is 0.0371. The standard InChI is InChI=1S/C15H12N4O7/c1-2-26-15(21)13-11(7-8-12(20)14(13)19(24)25)17-16-9-3-5-10(6-4-9)18(22)23/h3-8,20H,2H2,1H3. The number of azo groups is 1. The van der Waals surface area contributed by atoms with Gasteiger partial charge in [0, 0.05) is 12.1 Å². The van der Waals surface area contributed by atoms with Gasteiger partial charge in [0.25, 0.3) is 5.69 Å². The zero-order valence-corrected chi connectivity index (χ0v) is 13.4. The summed E-state index contributed by atoms with van der Waals surface area (Å²) in [4.78, 5) is 32.4. The van der Waals surface area contributed by atoms with Crippen molar-refractivity contribution in [2.45, 2.75) is 6.92 Å². The molecule has 0 radical (unpaired) electrons. The lowest BCUT2D eigenvalue weighted by molar-refractivity contribution is -0.386. The summed E-state index contributed by atoms with van der Waals surface area (Å²) < 4.78 is 4.78. The van der Waals surface area contributed by atoms with Crippen LogP contribution in [0.2, 0.25) is 0 Å². The van der Waals surface area contributed by atoms with E-state index in [0.717, 1.165) is 6.07 Å². The molecule has 0 aliphatic heterocycles. The van der Waals surface area contributed by atoms with Crippen LogP contribution in [0.1, 0.15) is 17.3 Å². The van der Waals surface area contributed by atoms with Gasteiger partial charge in [-0.2, -0.15) is 5.11 Å². The Labute approximate surface area is 145 Å². The topological polar surface area (TPSA) is 158 Å². The zero-order valence-electron chi connectivity index (χ0n) is 13.4. The molecule has 2 aromatic rings. The van der Waals surface area contributed by atoms with E-state index in [1.54, 1.807) is 0 Å². The van der Waals surface area contributed by atoms with E-state index >= 15 is 0 Å². The summed E-state index contributed by atoms with van der Waals surface area (Å²) in [6, 6.07) is 7.23. The maximum atomic E-state index is 12.1. The van der Waals surface area contributed by atoms with Crippen LogP contribution in [-0.4, -0.2) is 27.5 Å². The SMILES string of the molecule is CCOC(=O)c1c(N=Nc2ccc([N+](=O)[O-])cc2)ccc(O)c1[N+](=O)[O-]. The first kappa shape index (κ1) is 18.4. The van der Waals surface area contributed by atoms with Gasteiger partial charge in [0.05, 0.1) is 22.1 Å². The third-order valence-corrected chi connectivity index (χ3v) is 3.13. The molecule has 0 aliphatic carbocycles. The van der Waals surface area contributed by atoms with Crippen molar-refractivity contribution < 1.29 is 24.5 Å². The predicted octanol–water partition coefficient (Wildman–Crippen LogP) is 3.80. The van der Waals surface area contributed by atoms with Crippen molar-refractivity contribution in [2.24, 2.45) is 10.2 Å². The molecule has 0 aliphatic rings. The Morgan fingerprint density at radius 3 is 2.27 bits per heavy atom. The lowest BCUT2D eigenvalue weighted by Gasteiger charge is -2.06. The quantitative estimate of drug-likeness (QED) is 0.355. The van der Waals surface area contributed by atoms with Crippen LogP contribution in [0.4, 0.5) is 22.7 Å². The van der Waals surface area contributed by atoms with E-state index in [-0.39, 0.29) is 23.7 Å². The molecule has 0 heterocycles. The lowest BCUT2D eigenvalue weighted by Crippen LogP contribution is -2.08. The maximum absolute atomic E-state index is 12.1. The normalized spacial score (nSPS) is 10.7. The number of non-ortho nitro benzene ring substituents is 1. The highest BCUT2D eigenvalue weighted by atomic mass is 16.6. The minimum Gasteiger partial charge on any atom is -0.502 e. The number of rotatable bonds is 6. The van der Waals surface area contributed by atoms with Gasteiger partial charge < -0.3 is 9.84 Å². The molecule has 0 aromatic heterocycles. The van der Waals surface area contributed by atoms with E-state index in [1.165, 1.54) is 37.3 Å². The molecule has 134 valence electrons. The van der Waals surface area contributed by atoms with Crippen LogP contribution in [0, 0.1) is 20.2 Å². The summed E-state index contributed by atoms with van der Waals surface area (Å²) >= 11 is 0. The number of benzene rings is 2. The first-order valence-electron chi connectivity index (χ1n) is 7.18. The van der Waals surface area contributed by atoms with Gasteiger partial charge in [-0.1, -0.05) is 0 Å². The summed E-state index contributed by atoms with van der Waals surface area (Å²) in [6.07, 6.45) is 0. The van der Waals surface area contributed by atoms with Gasteiger partial charge in [-0.3, -0.25) is 20.2 Å². The fraction of sp³-hybridized carbons (Fsp3) is 0.133. The molecular weight excluding hydrogens is 348 g/mol. The molecule has 0 bridgehead atoms. The van der Waals surface area contributed by atoms with Crippen molar-refractivity contribution in [1.29, 1.82) is 0 Å². The van der Waals surface area contributed by atoms with Crippen LogP contribution in [0.15, 0.2) is 46.6 Å². The van der Waals surface area contributed by atoms with Crippen molar-refractivity contribution in [3.05, 3.63) is 62.2 Å². The van der Waals surface area contributed by atoms with Crippen LogP contribution in [0.3, 0.4) is 0 Å². The molecule has 26 heavy (non-hydrogen) atoms. The van der Waals surface area contributed by atoms with E-state index in [0.29, 0.717) is 0 Å². The molecule has 0 unspecified atom stereocenters. The Bertz CT molecular complexity index is 894. The van der Waals surface area contributed by atoms with E-state index in [1.807, 2.05) is 0 Å². The molecule has 0 saturated heterocycles. The van der Waals surface area contributed by atoms with Gasteiger partial charge in [0.2, 0.25) is 0 Å². The van der Waals surface area contributed by atoms with Gasteiger partial charge in [-0.25, -0.2) is 4.79 Å². The Morgan fingerprint density at radius 2 is 1.73 bits per heavy atom. The lowest BCUT2D eigenvalue weighted by atomic mass is 10.1. The largest absolute Gasteiger partial charge is 0.502 e. The number of aromatic hydroxyl groups is 1. The number of nitro groups is 2.